The molecule has 5 nitrogen and oxygen atoms in total. The number of nitrogens with zero attached hydrogens (tertiary/aromatic N) is 3. The third kappa shape index (κ3) is 3.57. The molecule has 1 aliphatic carbocycles. The number of hydrogen-bond acceptors (Lipinski definition) is 5. The molecule has 5 heteroatoms. The molecule has 0 aliphatic heterocycles. The van der Waals surface area contributed by atoms with Gasteiger partial charge in [-0.25, -0.2) is 9.97 Å². The fourth-order valence-corrected chi connectivity index (χ4v) is 2.33. The van der Waals surface area contributed by atoms with E-state index in [1.165, 1.54) is 25.6 Å². The summed E-state index contributed by atoms with van der Waals surface area (Å²) in [6, 6.07) is 3.87. The number of anilines is 2. The van der Waals surface area contributed by atoms with Gasteiger partial charge in [0.1, 0.15) is 24.5 Å². The number of nitriles is 1. The monoisotopic (exact) mass is 259 g/mol. The lowest BCUT2D eigenvalue weighted by atomic mass is 9.67. The molecule has 1 saturated carbocycles. The van der Waals surface area contributed by atoms with Crippen molar-refractivity contribution in [2.75, 3.05) is 23.7 Å². The van der Waals surface area contributed by atoms with E-state index in [0.29, 0.717) is 11.2 Å². The standard InChI is InChI=1S/C14H21N5/c1-14(2,11-4-3-5-11)9-17-13-8-12(16-7-6-15)18-10-19-13/h8,10-11H,3-5,7,9H2,1-2H3,(H2,16,17,18,19). The van der Waals surface area contributed by atoms with Crippen LogP contribution in [0.1, 0.15) is 33.1 Å². The zero-order valence-corrected chi connectivity index (χ0v) is 11.6. The Kier molecular flexibility index (Phi) is 4.20. The lowest BCUT2D eigenvalue weighted by molar-refractivity contribution is 0.134. The van der Waals surface area contributed by atoms with Gasteiger partial charge in [-0.3, -0.25) is 0 Å². The van der Waals surface area contributed by atoms with Crippen LogP contribution in [0, 0.1) is 22.7 Å². The summed E-state index contributed by atoms with van der Waals surface area (Å²) in [5, 5.41) is 14.8. The third-order valence-corrected chi connectivity index (χ3v) is 3.95. The molecule has 0 aromatic carbocycles. The van der Waals surface area contributed by atoms with Gasteiger partial charge in [0.15, 0.2) is 0 Å². The Balaban J connectivity index is 1.90. The van der Waals surface area contributed by atoms with Crippen LogP contribution in [0.3, 0.4) is 0 Å². The highest BCUT2D eigenvalue weighted by atomic mass is 15.1. The zero-order chi connectivity index (χ0) is 13.7. The van der Waals surface area contributed by atoms with Gasteiger partial charge in [-0.2, -0.15) is 5.26 Å². The molecular weight excluding hydrogens is 238 g/mol. The van der Waals surface area contributed by atoms with Crippen LogP contribution in [0.25, 0.3) is 0 Å². The van der Waals surface area contributed by atoms with Gasteiger partial charge in [0.2, 0.25) is 0 Å². The zero-order valence-electron chi connectivity index (χ0n) is 11.6. The van der Waals surface area contributed by atoms with E-state index < -0.39 is 0 Å². The Morgan fingerprint density at radius 1 is 1.32 bits per heavy atom. The summed E-state index contributed by atoms with van der Waals surface area (Å²) < 4.78 is 0. The average Bonchev–Trinajstić information content (AvgIpc) is 2.32. The summed E-state index contributed by atoms with van der Waals surface area (Å²) in [6.45, 7) is 5.77. The summed E-state index contributed by atoms with van der Waals surface area (Å²) in [5.74, 6) is 2.31. The predicted molar refractivity (Wildman–Crippen MR) is 75.7 cm³/mol. The first-order chi connectivity index (χ1) is 9.12. The minimum Gasteiger partial charge on any atom is -0.369 e. The molecule has 0 radical (unpaired) electrons. The van der Waals surface area contributed by atoms with Crippen molar-refractivity contribution in [2.24, 2.45) is 11.3 Å². The summed E-state index contributed by atoms with van der Waals surface area (Å²) in [7, 11) is 0. The van der Waals surface area contributed by atoms with Gasteiger partial charge >= 0.3 is 0 Å². The molecule has 1 heterocycles. The fourth-order valence-electron chi connectivity index (χ4n) is 2.33. The molecule has 0 atom stereocenters. The highest BCUT2D eigenvalue weighted by molar-refractivity contribution is 5.46. The van der Waals surface area contributed by atoms with Crippen LogP contribution in [0.4, 0.5) is 11.6 Å². The van der Waals surface area contributed by atoms with Crippen molar-refractivity contribution < 1.29 is 0 Å². The quantitative estimate of drug-likeness (QED) is 0.768. The molecule has 1 aromatic rings. The lowest BCUT2D eigenvalue weighted by Crippen LogP contribution is -2.35. The van der Waals surface area contributed by atoms with Crippen molar-refractivity contribution in [1.29, 1.82) is 5.26 Å². The van der Waals surface area contributed by atoms with E-state index in [0.717, 1.165) is 18.3 Å². The van der Waals surface area contributed by atoms with Crippen molar-refractivity contribution in [1.82, 2.24) is 9.97 Å². The molecule has 0 unspecified atom stereocenters. The van der Waals surface area contributed by atoms with Gasteiger partial charge in [-0.15, -0.1) is 0 Å². The van der Waals surface area contributed by atoms with Gasteiger partial charge in [0.05, 0.1) is 6.07 Å². The van der Waals surface area contributed by atoms with E-state index in [1.54, 1.807) is 0 Å². The van der Waals surface area contributed by atoms with Crippen LogP contribution in [0.15, 0.2) is 12.4 Å². The Labute approximate surface area is 114 Å². The molecule has 1 fully saturated rings. The molecule has 2 rings (SSSR count). The van der Waals surface area contributed by atoms with Crippen LogP contribution in [-0.4, -0.2) is 23.1 Å². The number of rotatable bonds is 6. The van der Waals surface area contributed by atoms with Crippen LogP contribution in [0.2, 0.25) is 0 Å². The van der Waals surface area contributed by atoms with Crippen molar-refractivity contribution in [3.63, 3.8) is 0 Å². The number of aromatic nitrogens is 2. The van der Waals surface area contributed by atoms with E-state index >= 15 is 0 Å². The Morgan fingerprint density at radius 2 is 2.00 bits per heavy atom. The highest BCUT2D eigenvalue weighted by Gasteiger charge is 2.33. The van der Waals surface area contributed by atoms with Gasteiger partial charge < -0.3 is 10.6 Å². The summed E-state index contributed by atoms with van der Waals surface area (Å²) in [4.78, 5) is 8.28. The molecule has 0 amide bonds. The maximum Gasteiger partial charge on any atom is 0.132 e. The smallest absolute Gasteiger partial charge is 0.132 e. The molecule has 2 N–H and O–H groups in total. The molecular formula is C14H21N5. The first-order valence-corrected chi connectivity index (χ1v) is 6.78. The van der Waals surface area contributed by atoms with E-state index in [4.69, 9.17) is 5.26 Å². The summed E-state index contributed by atoms with van der Waals surface area (Å²) >= 11 is 0. The first kappa shape index (κ1) is 13.6. The van der Waals surface area contributed by atoms with Gasteiger partial charge in [0, 0.05) is 12.6 Å². The average molecular weight is 259 g/mol. The van der Waals surface area contributed by atoms with E-state index in [-0.39, 0.29) is 6.54 Å². The molecule has 102 valence electrons. The molecule has 1 aromatic heterocycles. The van der Waals surface area contributed by atoms with Crippen molar-refractivity contribution in [2.45, 2.75) is 33.1 Å². The maximum atomic E-state index is 8.53. The second kappa shape index (κ2) is 5.87. The van der Waals surface area contributed by atoms with Crippen molar-refractivity contribution in [3.8, 4) is 6.07 Å². The normalized spacial score (nSPS) is 15.4. The van der Waals surface area contributed by atoms with Crippen LogP contribution < -0.4 is 10.6 Å². The van der Waals surface area contributed by atoms with Crippen LogP contribution >= 0.6 is 0 Å². The van der Waals surface area contributed by atoms with Gasteiger partial charge in [0.25, 0.3) is 0 Å². The SMILES string of the molecule is CC(C)(CNc1cc(NCC#N)ncn1)C1CCC1. The predicted octanol–water partition coefficient (Wildman–Crippen LogP) is 2.65. The summed E-state index contributed by atoms with van der Waals surface area (Å²) in [6.07, 6.45) is 5.56. The third-order valence-electron chi connectivity index (χ3n) is 3.95. The first-order valence-electron chi connectivity index (χ1n) is 6.78. The maximum absolute atomic E-state index is 8.53. The molecule has 1 aliphatic rings. The van der Waals surface area contributed by atoms with Crippen molar-refractivity contribution >= 4 is 11.6 Å². The largest absolute Gasteiger partial charge is 0.369 e. The van der Waals surface area contributed by atoms with E-state index in [9.17, 15) is 0 Å². The Bertz CT molecular complexity index is 459. The molecule has 19 heavy (non-hydrogen) atoms. The van der Waals surface area contributed by atoms with E-state index in [2.05, 4.69) is 34.4 Å². The molecule has 0 saturated heterocycles. The Hall–Kier alpha value is -1.83. The van der Waals surface area contributed by atoms with Gasteiger partial charge in [-0.1, -0.05) is 20.3 Å². The molecule has 0 spiro atoms. The van der Waals surface area contributed by atoms with Crippen LogP contribution in [-0.2, 0) is 0 Å². The minimum atomic E-state index is 0.254. The molecule has 0 bridgehead atoms. The van der Waals surface area contributed by atoms with Crippen molar-refractivity contribution in [3.05, 3.63) is 12.4 Å². The highest BCUT2D eigenvalue weighted by Crippen LogP contribution is 2.41. The Morgan fingerprint density at radius 3 is 2.58 bits per heavy atom. The topological polar surface area (TPSA) is 73.6 Å². The fraction of sp³-hybridized carbons (Fsp3) is 0.643. The second-order valence-corrected chi connectivity index (χ2v) is 5.77. The minimum absolute atomic E-state index is 0.254. The van der Waals surface area contributed by atoms with E-state index in [1.807, 2.05) is 12.1 Å². The number of hydrogen-bond donors (Lipinski definition) is 2. The van der Waals surface area contributed by atoms with Crippen LogP contribution in [0.5, 0.6) is 0 Å². The van der Waals surface area contributed by atoms with Gasteiger partial charge in [-0.05, 0) is 24.2 Å². The number of nitrogens with one attached hydrogen (secondary N) is 2. The lowest BCUT2D eigenvalue weighted by Gasteiger charge is -2.40. The summed E-state index contributed by atoms with van der Waals surface area (Å²) in [5.41, 5.74) is 0.295. The second-order valence-electron chi connectivity index (χ2n) is 5.77.